The first-order chi connectivity index (χ1) is 15.3. The van der Waals surface area contributed by atoms with Crippen LogP contribution in [0.2, 0.25) is 0 Å². The fraction of sp³-hybridized carbons (Fsp3) is 0.808. The molecule has 0 aromatic carbocycles. The van der Waals surface area contributed by atoms with E-state index in [0.717, 1.165) is 6.42 Å². The van der Waals surface area contributed by atoms with Gasteiger partial charge in [0.2, 0.25) is 0 Å². The summed E-state index contributed by atoms with van der Waals surface area (Å²) in [6.45, 7) is 14.4. The molecule has 0 unspecified atom stereocenters. The summed E-state index contributed by atoms with van der Waals surface area (Å²) in [6.07, 6.45) is 3.67. The van der Waals surface area contributed by atoms with Crippen LogP contribution in [0, 0.1) is 23.7 Å². The van der Waals surface area contributed by atoms with Crippen LogP contribution in [0.3, 0.4) is 0 Å². The zero-order chi connectivity index (χ0) is 24.7. The molecule has 1 aliphatic carbocycles. The minimum absolute atomic E-state index is 0.0265. The van der Waals surface area contributed by atoms with E-state index in [4.69, 9.17) is 18.9 Å². The molecule has 33 heavy (non-hydrogen) atoms. The van der Waals surface area contributed by atoms with Crippen molar-refractivity contribution in [2.75, 3.05) is 0 Å². The first-order valence-electron chi connectivity index (χ1n) is 12.2. The number of esters is 3. The van der Waals surface area contributed by atoms with Gasteiger partial charge in [0, 0.05) is 32.6 Å². The van der Waals surface area contributed by atoms with Crippen molar-refractivity contribution in [3.05, 3.63) is 11.6 Å². The molecule has 8 atom stereocenters. The highest BCUT2D eigenvalue weighted by molar-refractivity contribution is 5.68. The minimum atomic E-state index is -1.05. The number of allylic oxidation sites excluding steroid dienone is 1. The van der Waals surface area contributed by atoms with Crippen LogP contribution >= 0.6 is 0 Å². The van der Waals surface area contributed by atoms with Crippen LogP contribution in [0.4, 0.5) is 0 Å². The first-order valence-corrected chi connectivity index (χ1v) is 12.2. The normalized spacial score (nSPS) is 42.2. The van der Waals surface area contributed by atoms with Crippen LogP contribution in [-0.2, 0) is 33.3 Å². The predicted molar refractivity (Wildman–Crippen MR) is 122 cm³/mol. The van der Waals surface area contributed by atoms with Gasteiger partial charge in [-0.15, -0.1) is 0 Å². The van der Waals surface area contributed by atoms with Crippen molar-refractivity contribution in [1.29, 1.82) is 0 Å². The number of ether oxygens (including phenoxy) is 4. The predicted octanol–water partition coefficient (Wildman–Crippen LogP) is 4.37. The Kier molecular flexibility index (Phi) is 7.33. The average Bonchev–Trinajstić information content (AvgIpc) is 3.04. The van der Waals surface area contributed by atoms with Crippen molar-refractivity contribution in [1.82, 2.24) is 0 Å². The van der Waals surface area contributed by atoms with E-state index in [1.165, 1.54) is 26.3 Å². The highest BCUT2D eigenvalue weighted by atomic mass is 16.6. The van der Waals surface area contributed by atoms with E-state index in [0.29, 0.717) is 19.3 Å². The molecule has 0 amide bonds. The lowest BCUT2D eigenvalue weighted by Gasteiger charge is -2.53. The first kappa shape index (κ1) is 25.7. The number of hydrogen-bond donors (Lipinski definition) is 0. The minimum Gasteiger partial charge on any atom is -0.458 e. The lowest BCUT2D eigenvalue weighted by molar-refractivity contribution is -0.215. The van der Waals surface area contributed by atoms with Crippen molar-refractivity contribution < 1.29 is 33.3 Å². The molecule has 0 aromatic heterocycles. The third kappa shape index (κ3) is 4.98. The lowest BCUT2D eigenvalue weighted by Crippen LogP contribution is -2.63. The SMILES string of the molecule is CC(=O)O[C@H]1C[C@H](C(C)C)[C@@H]2[C@@H]([C@H]3C/C(C)=C\CC[C@@](C)(OC(C)=O)[C@@H]2O3)[C@]1(C)OC(C)=O. The molecule has 0 spiro atoms. The van der Waals surface area contributed by atoms with Gasteiger partial charge in [0.15, 0.2) is 5.60 Å². The fourth-order valence-corrected chi connectivity index (χ4v) is 6.73. The molecule has 7 heteroatoms. The third-order valence-electron chi connectivity index (χ3n) is 7.93. The summed E-state index contributed by atoms with van der Waals surface area (Å²) in [4.78, 5) is 36.5. The van der Waals surface area contributed by atoms with Gasteiger partial charge in [-0.3, -0.25) is 14.4 Å². The molecule has 1 saturated heterocycles. The van der Waals surface area contributed by atoms with E-state index in [1.807, 2.05) is 13.8 Å². The second kappa shape index (κ2) is 9.40. The fourth-order valence-electron chi connectivity index (χ4n) is 6.73. The Labute approximate surface area is 197 Å². The summed E-state index contributed by atoms with van der Waals surface area (Å²) in [5.74, 6) is -0.984. The molecular formula is C26H40O7. The molecule has 1 saturated carbocycles. The van der Waals surface area contributed by atoms with E-state index in [2.05, 4.69) is 26.8 Å². The summed E-state index contributed by atoms with van der Waals surface area (Å²) in [7, 11) is 0. The van der Waals surface area contributed by atoms with Gasteiger partial charge in [-0.05, 0) is 58.3 Å². The monoisotopic (exact) mass is 464 g/mol. The van der Waals surface area contributed by atoms with Crippen LogP contribution in [0.1, 0.15) is 81.1 Å². The molecule has 0 aromatic rings. The molecule has 2 fully saturated rings. The Morgan fingerprint density at radius 1 is 1.06 bits per heavy atom. The van der Waals surface area contributed by atoms with Gasteiger partial charge in [-0.2, -0.15) is 0 Å². The largest absolute Gasteiger partial charge is 0.458 e. The van der Waals surface area contributed by atoms with Crippen molar-refractivity contribution in [3.8, 4) is 0 Å². The Balaban J connectivity index is 2.19. The summed E-state index contributed by atoms with van der Waals surface area (Å²) in [6, 6.07) is 0. The maximum atomic E-state index is 12.3. The maximum Gasteiger partial charge on any atom is 0.303 e. The molecule has 0 radical (unpaired) electrons. The zero-order valence-electron chi connectivity index (χ0n) is 21.3. The number of carbonyl (C=O) groups is 3. The van der Waals surface area contributed by atoms with Gasteiger partial charge >= 0.3 is 17.9 Å². The molecule has 3 rings (SSSR count). The molecule has 2 bridgehead atoms. The quantitative estimate of drug-likeness (QED) is 0.347. The van der Waals surface area contributed by atoms with Crippen molar-refractivity contribution in [2.45, 2.75) is 111 Å². The van der Waals surface area contributed by atoms with E-state index < -0.39 is 29.2 Å². The summed E-state index contributed by atoms with van der Waals surface area (Å²) in [5.41, 5.74) is -0.681. The van der Waals surface area contributed by atoms with Crippen molar-refractivity contribution >= 4 is 17.9 Å². The van der Waals surface area contributed by atoms with Crippen molar-refractivity contribution in [3.63, 3.8) is 0 Å². The number of hydrogen-bond acceptors (Lipinski definition) is 7. The van der Waals surface area contributed by atoms with Crippen LogP contribution in [-0.4, -0.2) is 47.4 Å². The van der Waals surface area contributed by atoms with Gasteiger partial charge in [0.1, 0.15) is 17.8 Å². The highest BCUT2D eigenvalue weighted by Crippen LogP contribution is 2.58. The Hall–Kier alpha value is -1.89. The molecular weight excluding hydrogens is 424 g/mol. The van der Waals surface area contributed by atoms with Gasteiger partial charge in [0.05, 0.1) is 6.10 Å². The topological polar surface area (TPSA) is 88.1 Å². The van der Waals surface area contributed by atoms with Crippen LogP contribution in [0.15, 0.2) is 11.6 Å². The second-order valence-electron chi connectivity index (χ2n) is 10.9. The van der Waals surface area contributed by atoms with Gasteiger partial charge in [0.25, 0.3) is 0 Å². The molecule has 2 heterocycles. The summed E-state index contributed by atoms with van der Waals surface area (Å²) < 4.78 is 24.6. The summed E-state index contributed by atoms with van der Waals surface area (Å²) in [5, 5.41) is 0. The molecule has 186 valence electrons. The highest BCUT2D eigenvalue weighted by Gasteiger charge is 2.67. The van der Waals surface area contributed by atoms with Crippen molar-refractivity contribution in [2.24, 2.45) is 23.7 Å². The number of fused-ring (bicyclic) bond motifs is 5. The van der Waals surface area contributed by atoms with E-state index in [9.17, 15) is 14.4 Å². The maximum absolute atomic E-state index is 12.3. The van der Waals surface area contributed by atoms with E-state index in [-0.39, 0.29) is 41.8 Å². The molecule has 3 aliphatic rings. The molecule has 7 nitrogen and oxygen atoms in total. The van der Waals surface area contributed by atoms with E-state index >= 15 is 0 Å². The van der Waals surface area contributed by atoms with Gasteiger partial charge in [-0.1, -0.05) is 25.5 Å². The van der Waals surface area contributed by atoms with Crippen LogP contribution in [0.5, 0.6) is 0 Å². The Morgan fingerprint density at radius 2 is 1.70 bits per heavy atom. The smallest absolute Gasteiger partial charge is 0.303 e. The van der Waals surface area contributed by atoms with Crippen LogP contribution < -0.4 is 0 Å². The third-order valence-corrected chi connectivity index (χ3v) is 7.93. The Bertz CT molecular complexity index is 817. The van der Waals surface area contributed by atoms with Crippen LogP contribution in [0.25, 0.3) is 0 Å². The van der Waals surface area contributed by atoms with Gasteiger partial charge < -0.3 is 18.9 Å². The van der Waals surface area contributed by atoms with E-state index in [1.54, 1.807) is 0 Å². The average molecular weight is 465 g/mol. The standard InChI is InChI=1S/C26H40O7/c1-14(2)19-13-21(30-16(4)27)26(8,33-18(6)29)23-20-12-15(3)10-9-11-25(7,32-17(5)28)24(31-20)22(19)23/h10,14,19-24H,9,11-13H2,1-8H3/b15-10-/t19-,20-,21+,22-,23-,24-,25-,26-/m1/s1. The molecule has 0 N–H and O–H groups in total. The zero-order valence-corrected chi connectivity index (χ0v) is 21.3. The summed E-state index contributed by atoms with van der Waals surface area (Å²) >= 11 is 0. The Morgan fingerprint density at radius 3 is 2.24 bits per heavy atom. The second-order valence-corrected chi connectivity index (χ2v) is 10.9. The van der Waals surface area contributed by atoms with Gasteiger partial charge in [-0.25, -0.2) is 0 Å². The lowest BCUT2D eigenvalue weighted by atomic mass is 9.56. The number of rotatable bonds is 4. The number of carbonyl (C=O) groups excluding carboxylic acids is 3. The molecule has 2 aliphatic heterocycles.